The Labute approximate surface area is 142 Å². The van der Waals surface area contributed by atoms with Gasteiger partial charge in [-0.25, -0.2) is 4.99 Å². The normalized spacial score (nSPS) is 15.4. The fourth-order valence-electron chi connectivity index (χ4n) is 2.75. The fraction of sp³-hybridized carbons (Fsp3) is 0.263. The number of aliphatic imine (C=N–C) groups is 1. The molecule has 0 spiro atoms. The molecule has 5 nitrogen and oxygen atoms in total. The molecule has 1 saturated heterocycles. The number of carbonyl (C=O) groups is 1. The van der Waals surface area contributed by atoms with E-state index in [-0.39, 0.29) is 5.91 Å². The Balaban J connectivity index is 1.59. The number of piperidine rings is 1. The van der Waals surface area contributed by atoms with Gasteiger partial charge >= 0.3 is 0 Å². The fourth-order valence-corrected chi connectivity index (χ4v) is 2.75. The van der Waals surface area contributed by atoms with E-state index < -0.39 is 0 Å². The second-order valence-corrected chi connectivity index (χ2v) is 5.86. The van der Waals surface area contributed by atoms with E-state index in [0.717, 1.165) is 36.3 Å². The van der Waals surface area contributed by atoms with Crippen LogP contribution in [-0.4, -0.2) is 18.4 Å². The number of nitrogens with one attached hydrogen (secondary N) is 1. The molecule has 3 N–H and O–H groups in total. The van der Waals surface area contributed by atoms with Gasteiger partial charge in [-0.15, -0.1) is 0 Å². The Morgan fingerprint density at radius 1 is 1.08 bits per heavy atom. The molecule has 1 fully saturated rings. The largest absolute Gasteiger partial charge is 0.370 e. The molecule has 1 amide bonds. The van der Waals surface area contributed by atoms with E-state index in [1.165, 1.54) is 0 Å². The Bertz CT molecular complexity index is 710. The molecule has 124 valence electrons. The van der Waals surface area contributed by atoms with Crippen LogP contribution < -0.4 is 16.0 Å². The average Bonchev–Trinajstić information content (AvgIpc) is 2.62. The Morgan fingerprint density at radius 2 is 1.83 bits per heavy atom. The molecular formula is C19H22N4O. The molecule has 0 aliphatic carbocycles. The Hall–Kier alpha value is -2.82. The first kappa shape index (κ1) is 16.1. The second-order valence-electron chi connectivity index (χ2n) is 5.86. The van der Waals surface area contributed by atoms with E-state index in [9.17, 15) is 4.79 Å². The van der Waals surface area contributed by atoms with E-state index in [0.29, 0.717) is 18.9 Å². The minimum atomic E-state index is 0.211. The summed E-state index contributed by atoms with van der Waals surface area (Å²) in [5.41, 5.74) is 8.84. The summed E-state index contributed by atoms with van der Waals surface area (Å²) in [6.45, 7) is 1.31. The maximum Gasteiger partial charge on any atom is 0.226 e. The number of amides is 1. The number of hydrogen-bond acceptors (Lipinski definition) is 2. The van der Waals surface area contributed by atoms with Crippen LogP contribution in [0.15, 0.2) is 59.6 Å². The van der Waals surface area contributed by atoms with Gasteiger partial charge in [0.15, 0.2) is 5.96 Å². The van der Waals surface area contributed by atoms with Crippen molar-refractivity contribution in [2.75, 3.05) is 16.8 Å². The number of benzene rings is 2. The molecule has 24 heavy (non-hydrogen) atoms. The van der Waals surface area contributed by atoms with Crippen molar-refractivity contribution in [1.82, 2.24) is 0 Å². The van der Waals surface area contributed by atoms with Gasteiger partial charge in [-0.05, 0) is 42.7 Å². The van der Waals surface area contributed by atoms with Gasteiger partial charge < -0.3 is 16.0 Å². The highest BCUT2D eigenvalue weighted by Gasteiger charge is 2.19. The first-order chi connectivity index (χ1) is 11.7. The van der Waals surface area contributed by atoms with Crippen molar-refractivity contribution >= 4 is 23.2 Å². The lowest BCUT2D eigenvalue weighted by molar-refractivity contribution is -0.119. The highest BCUT2D eigenvalue weighted by Crippen LogP contribution is 2.21. The third-order valence-corrected chi connectivity index (χ3v) is 4.05. The first-order valence-corrected chi connectivity index (χ1v) is 8.24. The lowest BCUT2D eigenvalue weighted by Crippen LogP contribution is -2.35. The monoisotopic (exact) mass is 322 g/mol. The van der Waals surface area contributed by atoms with Gasteiger partial charge in [0.1, 0.15) is 0 Å². The summed E-state index contributed by atoms with van der Waals surface area (Å²) in [6.07, 6.45) is 2.71. The van der Waals surface area contributed by atoms with E-state index in [1.807, 2.05) is 59.5 Å². The average molecular weight is 322 g/mol. The van der Waals surface area contributed by atoms with Crippen LogP contribution >= 0.6 is 0 Å². The van der Waals surface area contributed by atoms with Gasteiger partial charge in [0.2, 0.25) is 5.91 Å². The lowest BCUT2D eigenvalue weighted by Gasteiger charge is -2.26. The maximum atomic E-state index is 11.9. The number of hydrogen-bond donors (Lipinski definition) is 2. The van der Waals surface area contributed by atoms with Crippen LogP contribution in [0.25, 0.3) is 0 Å². The number of rotatable bonds is 4. The summed E-state index contributed by atoms with van der Waals surface area (Å²) < 4.78 is 0. The summed E-state index contributed by atoms with van der Waals surface area (Å²) in [6, 6.07) is 17.7. The number of nitrogens with zero attached hydrogens (tertiary/aromatic N) is 2. The SMILES string of the molecule is NC(=NCc1ccc(N2CCCCC2=O)cc1)Nc1ccccc1. The van der Waals surface area contributed by atoms with Gasteiger partial charge in [-0.3, -0.25) is 4.79 Å². The molecule has 1 aliphatic rings. The second kappa shape index (κ2) is 7.64. The Morgan fingerprint density at radius 3 is 2.54 bits per heavy atom. The molecule has 5 heteroatoms. The van der Waals surface area contributed by atoms with Crippen molar-refractivity contribution < 1.29 is 4.79 Å². The first-order valence-electron chi connectivity index (χ1n) is 8.24. The van der Waals surface area contributed by atoms with Crippen LogP contribution in [0.1, 0.15) is 24.8 Å². The number of anilines is 2. The van der Waals surface area contributed by atoms with Crippen LogP contribution in [0.4, 0.5) is 11.4 Å². The number of para-hydroxylation sites is 1. The predicted molar refractivity (Wildman–Crippen MR) is 98.0 cm³/mol. The topological polar surface area (TPSA) is 70.7 Å². The van der Waals surface area contributed by atoms with Crippen LogP contribution in [0.5, 0.6) is 0 Å². The van der Waals surface area contributed by atoms with Crippen molar-refractivity contribution in [1.29, 1.82) is 0 Å². The van der Waals surface area contributed by atoms with Crippen LogP contribution in [0.3, 0.4) is 0 Å². The van der Waals surface area contributed by atoms with Gasteiger partial charge in [0.25, 0.3) is 0 Å². The number of nitrogens with two attached hydrogens (primary N) is 1. The minimum absolute atomic E-state index is 0.211. The van der Waals surface area contributed by atoms with Crippen molar-refractivity contribution in [2.24, 2.45) is 10.7 Å². The zero-order chi connectivity index (χ0) is 16.8. The van der Waals surface area contributed by atoms with Gasteiger partial charge in [-0.1, -0.05) is 30.3 Å². The van der Waals surface area contributed by atoms with Crippen molar-refractivity contribution in [3.8, 4) is 0 Å². The van der Waals surface area contributed by atoms with Gasteiger partial charge in [-0.2, -0.15) is 0 Å². The third kappa shape index (κ3) is 4.13. The summed E-state index contributed by atoms with van der Waals surface area (Å²) in [5.74, 6) is 0.597. The molecule has 0 unspecified atom stereocenters. The van der Waals surface area contributed by atoms with E-state index in [4.69, 9.17) is 5.73 Å². The molecule has 0 atom stereocenters. The lowest BCUT2D eigenvalue weighted by atomic mass is 10.1. The highest BCUT2D eigenvalue weighted by molar-refractivity contribution is 5.94. The van der Waals surface area contributed by atoms with Crippen LogP contribution in [0.2, 0.25) is 0 Å². The highest BCUT2D eigenvalue weighted by atomic mass is 16.2. The molecular weight excluding hydrogens is 300 g/mol. The zero-order valence-electron chi connectivity index (χ0n) is 13.6. The van der Waals surface area contributed by atoms with Gasteiger partial charge in [0, 0.05) is 24.3 Å². The molecule has 0 aromatic heterocycles. The minimum Gasteiger partial charge on any atom is -0.370 e. The van der Waals surface area contributed by atoms with E-state index in [1.54, 1.807) is 0 Å². The molecule has 2 aromatic carbocycles. The van der Waals surface area contributed by atoms with Crippen molar-refractivity contribution in [3.05, 3.63) is 60.2 Å². The zero-order valence-corrected chi connectivity index (χ0v) is 13.6. The van der Waals surface area contributed by atoms with Crippen molar-refractivity contribution in [3.63, 3.8) is 0 Å². The van der Waals surface area contributed by atoms with Gasteiger partial charge in [0.05, 0.1) is 6.54 Å². The van der Waals surface area contributed by atoms with E-state index in [2.05, 4.69) is 10.3 Å². The van der Waals surface area contributed by atoms with Crippen LogP contribution in [0, 0.1) is 0 Å². The van der Waals surface area contributed by atoms with E-state index >= 15 is 0 Å². The number of guanidine groups is 1. The third-order valence-electron chi connectivity index (χ3n) is 4.05. The summed E-state index contributed by atoms with van der Waals surface area (Å²) in [7, 11) is 0. The summed E-state index contributed by atoms with van der Waals surface area (Å²) >= 11 is 0. The molecule has 0 saturated carbocycles. The molecule has 1 aliphatic heterocycles. The summed E-state index contributed by atoms with van der Waals surface area (Å²) in [4.78, 5) is 18.2. The molecule has 0 radical (unpaired) electrons. The van der Waals surface area contributed by atoms with Crippen LogP contribution in [-0.2, 0) is 11.3 Å². The molecule has 2 aromatic rings. The summed E-state index contributed by atoms with van der Waals surface area (Å²) in [5, 5.41) is 3.06. The Kier molecular flexibility index (Phi) is 5.11. The molecule has 1 heterocycles. The molecule has 3 rings (SSSR count). The number of carbonyl (C=O) groups excluding carboxylic acids is 1. The maximum absolute atomic E-state index is 11.9. The molecule has 0 bridgehead atoms. The quantitative estimate of drug-likeness (QED) is 0.671. The van der Waals surface area contributed by atoms with Crippen molar-refractivity contribution in [2.45, 2.75) is 25.8 Å². The standard InChI is InChI=1S/C19H22N4O/c20-19(22-16-6-2-1-3-7-16)21-14-15-9-11-17(12-10-15)23-13-5-4-8-18(23)24/h1-3,6-7,9-12H,4-5,8,13-14H2,(H3,20,21,22). The predicted octanol–water partition coefficient (Wildman–Crippen LogP) is 3.13. The smallest absolute Gasteiger partial charge is 0.226 e.